The summed E-state index contributed by atoms with van der Waals surface area (Å²) in [6.45, 7) is 10.0. The minimum absolute atomic E-state index is 0.0290. The SMILES string of the molecule is CC(=O)N[C@H]1[C@@H](OP(=O)(O)OP(=O)(O)OC/C=C(/C)CCC=C(C)C)O[C@H](CO)[C@@H](O)[C@@H]1O[C@H](C)C(=O)N[C@@H](C)C(=O)N[C@H](CCC(=O)N[C@@H](CCCCNC(=S)Nc1ccc(NC(=O)c2cccc3c(N(C)C)cccc23)cc1)C(=O)N[C@H](C)C(=O)N[C@H](C)C(=O)O)C(=O)O. The Morgan fingerprint density at radius 2 is 1.30 bits per heavy atom. The number of ether oxygens (including phenoxy) is 2. The molecule has 7 amide bonds. The smallest absolute Gasteiger partial charge is 0.480 e. The molecule has 3 aromatic carbocycles. The van der Waals surface area contributed by atoms with E-state index in [1.54, 1.807) is 37.3 Å². The highest BCUT2D eigenvalue weighted by Crippen LogP contribution is 2.61. The van der Waals surface area contributed by atoms with Crippen LogP contribution in [0.5, 0.6) is 0 Å². The van der Waals surface area contributed by atoms with E-state index in [4.69, 9.17) is 30.7 Å². The van der Waals surface area contributed by atoms with Crippen LogP contribution in [0.4, 0.5) is 17.1 Å². The van der Waals surface area contributed by atoms with Gasteiger partial charge in [0.15, 0.2) is 11.4 Å². The molecule has 0 spiro atoms. The third kappa shape index (κ3) is 26.7. The number of carbonyl (C=O) groups excluding carboxylic acids is 7. The predicted octanol–water partition coefficient (Wildman–Crippen LogP) is 3.35. The summed E-state index contributed by atoms with van der Waals surface area (Å²) in [7, 11) is -7.22. The first-order valence-electron chi connectivity index (χ1n) is 30.5. The minimum atomic E-state index is -5.71. The van der Waals surface area contributed by atoms with Gasteiger partial charge in [0.25, 0.3) is 5.91 Å². The molecule has 13 atom stereocenters. The molecule has 32 nitrogen and oxygen atoms in total. The number of carbonyl (C=O) groups is 9. The molecule has 96 heavy (non-hydrogen) atoms. The Bertz CT molecular complexity index is 3410. The van der Waals surface area contributed by atoms with E-state index in [-0.39, 0.29) is 30.4 Å². The fourth-order valence-corrected chi connectivity index (χ4v) is 11.7. The maximum atomic E-state index is 13.6. The maximum Gasteiger partial charge on any atom is 0.483 e. The summed E-state index contributed by atoms with van der Waals surface area (Å²) in [4.78, 5) is 139. The Hall–Kier alpha value is -7.78. The first-order valence-corrected chi connectivity index (χ1v) is 33.9. The van der Waals surface area contributed by atoms with Crippen molar-refractivity contribution >= 4 is 114 Å². The molecule has 35 heteroatoms. The van der Waals surface area contributed by atoms with Gasteiger partial charge in [-0.2, -0.15) is 4.31 Å². The summed E-state index contributed by atoms with van der Waals surface area (Å²) in [5.41, 5.74) is 4.45. The zero-order valence-electron chi connectivity index (χ0n) is 54.8. The number of hydrogen-bond donors (Lipinski definition) is 15. The predicted molar refractivity (Wildman–Crippen MR) is 356 cm³/mol. The number of unbranched alkanes of at least 4 members (excludes halogenated alkanes) is 1. The molecule has 2 unspecified atom stereocenters. The van der Waals surface area contributed by atoms with Crippen molar-refractivity contribution < 1.29 is 105 Å². The van der Waals surface area contributed by atoms with Gasteiger partial charge in [0.1, 0.15) is 60.7 Å². The first kappa shape index (κ1) is 80.7. The molecule has 0 aromatic heterocycles. The van der Waals surface area contributed by atoms with Crippen molar-refractivity contribution in [1.82, 2.24) is 37.2 Å². The van der Waals surface area contributed by atoms with Crippen molar-refractivity contribution in [2.75, 3.05) is 49.4 Å². The molecule has 15 N–H and O–H groups in total. The number of benzene rings is 3. The highest BCUT2D eigenvalue weighted by Gasteiger charge is 2.51. The second kappa shape index (κ2) is 38.2. The Morgan fingerprint density at radius 3 is 1.91 bits per heavy atom. The second-order valence-corrected chi connectivity index (χ2v) is 26.4. The zero-order valence-corrected chi connectivity index (χ0v) is 57.4. The van der Waals surface area contributed by atoms with E-state index in [1.165, 1.54) is 19.9 Å². The van der Waals surface area contributed by atoms with Gasteiger partial charge in [-0.15, -0.1) is 0 Å². The molecule has 4 rings (SSSR count). The molecule has 0 aliphatic carbocycles. The van der Waals surface area contributed by atoms with E-state index in [9.17, 15) is 82.5 Å². The maximum absolute atomic E-state index is 13.6. The van der Waals surface area contributed by atoms with Gasteiger partial charge in [0, 0.05) is 62.0 Å². The van der Waals surface area contributed by atoms with Crippen LogP contribution < -0.4 is 52.8 Å². The number of hydrogen-bond acceptors (Lipinski definition) is 20. The number of allylic oxidation sites excluding steroid dienone is 3. The van der Waals surface area contributed by atoms with Crippen LogP contribution in [0.1, 0.15) is 111 Å². The monoisotopic (exact) mass is 1410 g/mol. The van der Waals surface area contributed by atoms with Gasteiger partial charge in [-0.05, 0) is 141 Å². The van der Waals surface area contributed by atoms with E-state index < -0.39 is 156 Å². The lowest BCUT2D eigenvalue weighted by molar-refractivity contribution is -0.261. The van der Waals surface area contributed by atoms with Gasteiger partial charge in [-0.1, -0.05) is 47.6 Å². The Morgan fingerprint density at radius 1 is 0.698 bits per heavy atom. The molecule has 530 valence electrons. The number of carboxylic acid groups (broad SMARTS) is 2. The Kier molecular flexibility index (Phi) is 32.1. The van der Waals surface area contributed by atoms with Crippen LogP contribution in [0.3, 0.4) is 0 Å². The number of rotatable bonds is 37. The number of thiocarbonyl (C=S) groups is 1. The molecular weight excluding hydrogens is 1320 g/mol. The van der Waals surface area contributed by atoms with Gasteiger partial charge < -0.3 is 92.4 Å². The van der Waals surface area contributed by atoms with Crippen LogP contribution in [0.25, 0.3) is 10.8 Å². The number of phosphoric acid groups is 2. The highest BCUT2D eigenvalue weighted by molar-refractivity contribution is 7.80. The van der Waals surface area contributed by atoms with Crippen molar-refractivity contribution in [3.05, 3.63) is 89.5 Å². The molecule has 1 saturated heterocycles. The fraction of sp³-hybridized carbons (Fsp3) is 0.508. The summed E-state index contributed by atoms with van der Waals surface area (Å²) in [5, 5.41) is 65.6. The van der Waals surface area contributed by atoms with Crippen molar-refractivity contribution in [3.8, 4) is 0 Å². The van der Waals surface area contributed by atoms with Crippen LogP contribution in [0, 0.1) is 0 Å². The molecule has 3 aromatic rings. The first-order chi connectivity index (χ1) is 45.0. The number of anilines is 3. The number of carboxylic acids is 2. The second-order valence-electron chi connectivity index (χ2n) is 23.0. The third-order valence-electron chi connectivity index (χ3n) is 14.5. The number of aliphatic hydroxyl groups is 2. The average Bonchev–Trinajstić information content (AvgIpc) is 0.799. The van der Waals surface area contributed by atoms with Gasteiger partial charge in [0.05, 0.1) is 13.2 Å². The molecule has 1 aliphatic heterocycles. The molecule has 1 aliphatic rings. The molecular formula is C61H88N10O22P2S. The number of fused-ring (bicyclic) bond motifs is 1. The number of amides is 7. The molecule has 1 fully saturated rings. The molecule has 0 saturated carbocycles. The van der Waals surface area contributed by atoms with Crippen LogP contribution in [-0.4, -0.2) is 189 Å². The van der Waals surface area contributed by atoms with Crippen LogP contribution >= 0.6 is 27.9 Å². The quantitative estimate of drug-likeness (QED) is 0.0170. The van der Waals surface area contributed by atoms with Crippen molar-refractivity contribution in [3.63, 3.8) is 0 Å². The van der Waals surface area contributed by atoms with E-state index in [0.29, 0.717) is 36.2 Å². The van der Waals surface area contributed by atoms with Crippen molar-refractivity contribution in [2.24, 2.45) is 0 Å². The summed E-state index contributed by atoms with van der Waals surface area (Å²) in [5.74, 6) is -8.86. The fourth-order valence-electron chi connectivity index (χ4n) is 9.38. The van der Waals surface area contributed by atoms with E-state index in [1.807, 2.05) is 69.3 Å². The van der Waals surface area contributed by atoms with Crippen LogP contribution in [-0.2, 0) is 70.3 Å². The van der Waals surface area contributed by atoms with Gasteiger partial charge in [-0.25, -0.2) is 13.9 Å². The molecule has 0 radical (unpaired) electrons. The average molecular weight is 1410 g/mol. The number of aliphatic carboxylic acids is 2. The number of phosphoric ester groups is 2. The zero-order chi connectivity index (χ0) is 71.8. The minimum Gasteiger partial charge on any atom is -0.480 e. The van der Waals surface area contributed by atoms with E-state index in [0.717, 1.165) is 48.4 Å². The van der Waals surface area contributed by atoms with Gasteiger partial charge >= 0.3 is 27.6 Å². The topological polar surface area (TPSA) is 467 Å². The van der Waals surface area contributed by atoms with Gasteiger partial charge in [-0.3, -0.25) is 47.4 Å². The van der Waals surface area contributed by atoms with E-state index in [2.05, 4.69) is 52.2 Å². The summed E-state index contributed by atoms with van der Waals surface area (Å²) < 4.78 is 51.4. The standard InChI is InChI=1S/C61H88N10O22P2S/c1-33(2)16-13-17-34(3)29-31-89-94(85,86)93-95(87,88)92-60-50(66-39(8)73)52(51(75)48(32-72)91-60)90-38(7)55(78)63-36(5)54(77)70-46(59(83)84)27-28-49(74)69-45(57(80)64-35(4)53(76)65-37(6)58(81)82)21-11-12-30-62-61(96)68-41-25-23-40(24-26-41)67-56(79)44-20-14-19-43-42(44)18-15-22-47(43)71(9)10/h14-16,18-20,22-26,29,35-38,45-46,48,50-52,60,72,75H,11-13,17,21,27-28,30-32H2,1-10H3,(H,63,78)(H,64,80)(H,65,76)(H,66,73)(H,67,79)(H,69,74)(H,70,77)(H,81,82)(H,83,84)(H,85,86)(H,87,88)(H2,62,68,96)/b34-29-/t35-,36+,37-,38-,45+,46-,48-,50-,51-,52-,60-/m1/s1. The molecule has 1 heterocycles. The van der Waals surface area contributed by atoms with Crippen molar-refractivity contribution in [2.45, 2.75) is 167 Å². The Balaban J connectivity index is 1.34. The van der Waals surface area contributed by atoms with Crippen LogP contribution in [0.2, 0.25) is 0 Å². The lowest BCUT2D eigenvalue weighted by Crippen LogP contribution is -2.66. The number of aliphatic hydroxyl groups excluding tert-OH is 2. The van der Waals surface area contributed by atoms with Gasteiger partial charge in [0.2, 0.25) is 35.4 Å². The largest absolute Gasteiger partial charge is 0.483 e. The lowest BCUT2D eigenvalue weighted by atomic mass is 9.96. The highest BCUT2D eigenvalue weighted by atomic mass is 32.1. The lowest BCUT2D eigenvalue weighted by Gasteiger charge is -2.44. The summed E-state index contributed by atoms with van der Waals surface area (Å²) in [6.07, 6.45) is -5.28. The third-order valence-corrected chi connectivity index (χ3v) is 17.4. The van der Waals surface area contributed by atoms with E-state index >= 15 is 0 Å². The Labute approximate surface area is 560 Å². The molecule has 0 bridgehead atoms. The normalized spacial score (nSPS) is 19.3. The number of nitrogens with one attached hydrogen (secondary N) is 9. The van der Waals surface area contributed by atoms with Crippen molar-refractivity contribution in [1.29, 1.82) is 0 Å². The van der Waals surface area contributed by atoms with Crippen LogP contribution in [0.15, 0.2) is 84.0 Å². The number of nitrogens with zero attached hydrogens (tertiary/aromatic N) is 1. The summed E-state index contributed by atoms with van der Waals surface area (Å²) in [6, 6.07) is 9.07. The summed E-state index contributed by atoms with van der Waals surface area (Å²) >= 11 is 5.48.